The molecule has 1 aliphatic rings. The van der Waals surface area contributed by atoms with E-state index in [1.54, 1.807) is 24.3 Å². The molecule has 1 heterocycles. The standard InChI is InChI=1S/C14H14F2N4O/c15-14(16)21-10-4-2-1-3-9(10)18-12-7-11(17)19-13(20-12)8-5-6-8/h1-4,7-8,14H,5-6H2,(H3,17,18,19,20). The van der Waals surface area contributed by atoms with Gasteiger partial charge in [-0.25, -0.2) is 9.97 Å². The molecule has 3 rings (SSSR count). The van der Waals surface area contributed by atoms with Crippen LogP contribution in [0.3, 0.4) is 0 Å². The predicted molar refractivity (Wildman–Crippen MR) is 74.8 cm³/mol. The van der Waals surface area contributed by atoms with E-state index in [0.717, 1.165) is 12.8 Å². The molecule has 7 heteroatoms. The number of ether oxygens (including phenoxy) is 1. The van der Waals surface area contributed by atoms with E-state index in [9.17, 15) is 8.78 Å². The fraction of sp³-hybridized carbons (Fsp3) is 0.286. The lowest BCUT2D eigenvalue weighted by atomic mass is 10.3. The third-order valence-corrected chi connectivity index (χ3v) is 3.07. The average molecular weight is 292 g/mol. The molecule has 1 aromatic carbocycles. The van der Waals surface area contributed by atoms with E-state index in [1.807, 2.05) is 0 Å². The van der Waals surface area contributed by atoms with Gasteiger partial charge in [0.2, 0.25) is 0 Å². The molecule has 0 radical (unpaired) electrons. The Morgan fingerprint density at radius 2 is 2.00 bits per heavy atom. The number of rotatable bonds is 5. The summed E-state index contributed by atoms with van der Waals surface area (Å²) in [5, 5.41) is 2.95. The summed E-state index contributed by atoms with van der Waals surface area (Å²) in [6, 6.07) is 7.98. The number of aromatic nitrogens is 2. The highest BCUT2D eigenvalue weighted by atomic mass is 19.3. The molecule has 0 bridgehead atoms. The zero-order valence-electron chi connectivity index (χ0n) is 11.1. The number of nitrogens with two attached hydrogens (primary N) is 1. The zero-order valence-corrected chi connectivity index (χ0v) is 11.1. The van der Waals surface area contributed by atoms with E-state index >= 15 is 0 Å². The Morgan fingerprint density at radius 1 is 1.24 bits per heavy atom. The fourth-order valence-electron chi connectivity index (χ4n) is 1.98. The quantitative estimate of drug-likeness (QED) is 0.884. The summed E-state index contributed by atoms with van der Waals surface area (Å²) in [5.41, 5.74) is 6.16. The van der Waals surface area contributed by atoms with Crippen molar-refractivity contribution in [2.24, 2.45) is 0 Å². The van der Waals surface area contributed by atoms with Crippen LogP contribution in [-0.2, 0) is 0 Å². The van der Waals surface area contributed by atoms with Crippen molar-refractivity contribution in [2.75, 3.05) is 11.1 Å². The normalized spacial score (nSPS) is 14.2. The predicted octanol–water partition coefficient (Wildman–Crippen LogP) is 3.28. The zero-order chi connectivity index (χ0) is 14.8. The number of benzene rings is 1. The lowest BCUT2D eigenvalue weighted by Crippen LogP contribution is -2.06. The van der Waals surface area contributed by atoms with Crippen LogP contribution in [-0.4, -0.2) is 16.6 Å². The first-order chi connectivity index (χ1) is 10.1. The largest absolute Gasteiger partial charge is 0.433 e. The summed E-state index contributed by atoms with van der Waals surface area (Å²) >= 11 is 0. The molecule has 1 fully saturated rings. The molecular formula is C14H14F2N4O. The van der Waals surface area contributed by atoms with Crippen LogP contribution in [0.4, 0.5) is 26.1 Å². The Balaban J connectivity index is 1.86. The van der Waals surface area contributed by atoms with Crippen molar-refractivity contribution in [3.05, 3.63) is 36.2 Å². The molecule has 0 atom stereocenters. The smallest absolute Gasteiger partial charge is 0.387 e. The minimum atomic E-state index is -2.88. The first-order valence-electron chi connectivity index (χ1n) is 6.57. The first-order valence-corrected chi connectivity index (χ1v) is 6.57. The van der Waals surface area contributed by atoms with Crippen molar-refractivity contribution in [2.45, 2.75) is 25.4 Å². The number of nitrogens with one attached hydrogen (secondary N) is 1. The molecule has 5 nitrogen and oxygen atoms in total. The summed E-state index contributed by atoms with van der Waals surface area (Å²) in [4.78, 5) is 8.55. The Labute approximate surface area is 120 Å². The number of para-hydroxylation sites is 2. The summed E-state index contributed by atoms with van der Waals surface area (Å²) in [6.07, 6.45) is 2.10. The minimum absolute atomic E-state index is 0.0534. The van der Waals surface area contributed by atoms with Gasteiger partial charge < -0.3 is 15.8 Å². The monoisotopic (exact) mass is 292 g/mol. The van der Waals surface area contributed by atoms with Crippen LogP contribution in [0.15, 0.2) is 30.3 Å². The highest BCUT2D eigenvalue weighted by Gasteiger charge is 2.27. The maximum atomic E-state index is 12.4. The highest BCUT2D eigenvalue weighted by molar-refractivity contribution is 5.65. The van der Waals surface area contributed by atoms with Gasteiger partial charge in [0.25, 0.3) is 0 Å². The van der Waals surface area contributed by atoms with Crippen LogP contribution in [0.25, 0.3) is 0 Å². The van der Waals surface area contributed by atoms with Gasteiger partial charge in [0.05, 0.1) is 5.69 Å². The topological polar surface area (TPSA) is 73.1 Å². The Hall–Kier alpha value is -2.44. The summed E-state index contributed by atoms with van der Waals surface area (Å²) < 4.78 is 29.2. The molecule has 21 heavy (non-hydrogen) atoms. The second kappa shape index (κ2) is 5.51. The first kappa shape index (κ1) is 13.5. The van der Waals surface area contributed by atoms with Crippen molar-refractivity contribution in [1.29, 1.82) is 0 Å². The molecular weight excluding hydrogens is 278 g/mol. The number of hydrogen-bond donors (Lipinski definition) is 2. The van der Waals surface area contributed by atoms with Gasteiger partial charge in [0, 0.05) is 12.0 Å². The summed E-state index contributed by atoms with van der Waals surface area (Å²) in [7, 11) is 0. The van der Waals surface area contributed by atoms with E-state index in [1.165, 1.54) is 6.07 Å². The van der Waals surface area contributed by atoms with Crippen LogP contribution in [0.1, 0.15) is 24.6 Å². The Kier molecular flexibility index (Phi) is 3.55. The van der Waals surface area contributed by atoms with Crippen LogP contribution in [0, 0.1) is 0 Å². The molecule has 0 saturated heterocycles. The maximum Gasteiger partial charge on any atom is 0.387 e. The molecule has 1 aromatic heterocycles. The van der Waals surface area contributed by atoms with Crippen molar-refractivity contribution >= 4 is 17.3 Å². The van der Waals surface area contributed by atoms with Gasteiger partial charge in [-0.1, -0.05) is 12.1 Å². The number of alkyl halides is 2. The van der Waals surface area contributed by atoms with Crippen LogP contribution in [0.5, 0.6) is 5.75 Å². The van der Waals surface area contributed by atoms with Crippen LogP contribution < -0.4 is 15.8 Å². The van der Waals surface area contributed by atoms with Crippen LogP contribution in [0.2, 0.25) is 0 Å². The summed E-state index contributed by atoms with van der Waals surface area (Å²) in [6.45, 7) is -2.88. The van der Waals surface area contributed by atoms with Crippen molar-refractivity contribution in [3.8, 4) is 5.75 Å². The third-order valence-electron chi connectivity index (χ3n) is 3.07. The molecule has 0 unspecified atom stereocenters. The molecule has 3 N–H and O–H groups in total. The van der Waals surface area contributed by atoms with Gasteiger partial charge in [-0.15, -0.1) is 0 Å². The van der Waals surface area contributed by atoms with Gasteiger partial charge in [-0.3, -0.25) is 0 Å². The van der Waals surface area contributed by atoms with E-state index in [2.05, 4.69) is 20.0 Å². The number of nitrogen functional groups attached to an aromatic ring is 1. The lowest BCUT2D eigenvalue weighted by Gasteiger charge is -2.12. The maximum absolute atomic E-state index is 12.4. The third kappa shape index (κ3) is 3.36. The second-order valence-electron chi connectivity index (χ2n) is 4.81. The molecule has 0 amide bonds. The number of hydrogen-bond acceptors (Lipinski definition) is 5. The van der Waals surface area contributed by atoms with Crippen LogP contribution >= 0.6 is 0 Å². The van der Waals surface area contributed by atoms with Gasteiger partial charge in [0.15, 0.2) is 0 Å². The van der Waals surface area contributed by atoms with Gasteiger partial charge in [-0.05, 0) is 25.0 Å². The van der Waals surface area contributed by atoms with Crippen molar-refractivity contribution in [1.82, 2.24) is 9.97 Å². The number of halogens is 2. The molecule has 1 aliphatic carbocycles. The van der Waals surface area contributed by atoms with E-state index in [0.29, 0.717) is 29.1 Å². The van der Waals surface area contributed by atoms with Gasteiger partial charge >= 0.3 is 6.61 Å². The lowest BCUT2D eigenvalue weighted by molar-refractivity contribution is -0.0493. The highest BCUT2D eigenvalue weighted by Crippen LogP contribution is 2.39. The van der Waals surface area contributed by atoms with Gasteiger partial charge in [-0.2, -0.15) is 8.78 Å². The fourth-order valence-corrected chi connectivity index (χ4v) is 1.98. The van der Waals surface area contributed by atoms with Crippen molar-refractivity contribution < 1.29 is 13.5 Å². The van der Waals surface area contributed by atoms with Crippen molar-refractivity contribution in [3.63, 3.8) is 0 Å². The van der Waals surface area contributed by atoms with E-state index in [-0.39, 0.29) is 5.75 Å². The SMILES string of the molecule is Nc1cc(Nc2ccccc2OC(F)F)nc(C2CC2)n1. The second-order valence-corrected chi connectivity index (χ2v) is 4.81. The minimum Gasteiger partial charge on any atom is -0.433 e. The number of nitrogens with zero attached hydrogens (tertiary/aromatic N) is 2. The number of anilines is 3. The Bertz CT molecular complexity index is 647. The van der Waals surface area contributed by atoms with Gasteiger partial charge in [0.1, 0.15) is 23.2 Å². The molecule has 2 aromatic rings. The Morgan fingerprint density at radius 3 is 2.71 bits per heavy atom. The summed E-state index contributed by atoms with van der Waals surface area (Å²) in [5.74, 6) is 1.90. The van der Waals surface area contributed by atoms with E-state index in [4.69, 9.17) is 5.73 Å². The molecule has 110 valence electrons. The molecule has 0 spiro atoms. The molecule has 1 saturated carbocycles. The molecule has 0 aliphatic heterocycles. The average Bonchev–Trinajstić information content (AvgIpc) is 3.24. The van der Waals surface area contributed by atoms with E-state index < -0.39 is 6.61 Å².